The van der Waals surface area contributed by atoms with Gasteiger partial charge in [0.15, 0.2) is 0 Å². The van der Waals surface area contributed by atoms with Gasteiger partial charge in [-0.05, 0) is 30.3 Å². The first-order valence-corrected chi connectivity index (χ1v) is 7.10. The molecule has 0 bridgehead atoms. The molecule has 2 aromatic carbocycles. The molecule has 0 fully saturated rings. The molecule has 0 radical (unpaired) electrons. The number of ether oxygens (including phenoxy) is 2. The van der Waals surface area contributed by atoms with E-state index in [9.17, 15) is 4.79 Å². The fraction of sp³-hybridized carbons (Fsp3) is 0.111. The summed E-state index contributed by atoms with van der Waals surface area (Å²) in [6, 6.07) is 15.0. The van der Waals surface area contributed by atoms with Crippen molar-refractivity contribution in [2.75, 3.05) is 19.5 Å². The smallest absolute Gasteiger partial charge is 0.340 e. The highest BCUT2D eigenvalue weighted by molar-refractivity contribution is 6.08. The molecular formula is C18H16N2O3. The van der Waals surface area contributed by atoms with E-state index in [2.05, 4.69) is 10.3 Å². The van der Waals surface area contributed by atoms with Gasteiger partial charge in [0.1, 0.15) is 5.75 Å². The molecule has 23 heavy (non-hydrogen) atoms. The van der Waals surface area contributed by atoms with Crippen LogP contribution < -0.4 is 10.1 Å². The average molecular weight is 308 g/mol. The predicted molar refractivity (Wildman–Crippen MR) is 89.4 cm³/mol. The molecule has 0 unspecified atom stereocenters. The number of nitrogens with one attached hydrogen (secondary N) is 1. The Balaban J connectivity index is 2.26. The number of benzene rings is 2. The Hall–Kier alpha value is -3.08. The Bertz CT molecular complexity index is 848. The van der Waals surface area contributed by atoms with Crippen molar-refractivity contribution < 1.29 is 14.3 Å². The first-order chi connectivity index (χ1) is 11.2. The maximum atomic E-state index is 12.2. The number of methoxy groups -OCH3 is 2. The lowest BCUT2D eigenvalue weighted by atomic mass is 10.1. The number of para-hydroxylation sites is 1. The van der Waals surface area contributed by atoms with Gasteiger partial charge in [-0.2, -0.15) is 0 Å². The number of carbonyl (C=O) groups excluding carboxylic acids is 1. The first-order valence-electron chi connectivity index (χ1n) is 7.10. The summed E-state index contributed by atoms with van der Waals surface area (Å²) in [5.74, 6) is 0.126. The maximum absolute atomic E-state index is 12.2. The molecule has 0 aliphatic carbocycles. The first kappa shape index (κ1) is 14.8. The van der Waals surface area contributed by atoms with Crippen LogP contribution in [0.5, 0.6) is 5.75 Å². The molecule has 3 aromatic rings. The number of rotatable bonds is 4. The predicted octanol–water partition coefficient (Wildman–Crippen LogP) is 3.77. The van der Waals surface area contributed by atoms with Gasteiger partial charge in [-0.3, -0.25) is 4.98 Å². The number of aromatic nitrogens is 1. The van der Waals surface area contributed by atoms with E-state index in [1.165, 1.54) is 7.11 Å². The quantitative estimate of drug-likeness (QED) is 0.743. The fourth-order valence-corrected chi connectivity index (χ4v) is 2.44. The topological polar surface area (TPSA) is 60.5 Å². The summed E-state index contributed by atoms with van der Waals surface area (Å²) in [6.07, 6.45) is 1.68. The average Bonchev–Trinajstić information content (AvgIpc) is 2.62. The van der Waals surface area contributed by atoms with Crippen LogP contribution in [-0.2, 0) is 4.74 Å². The molecule has 1 heterocycles. The number of nitrogens with zero attached hydrogens (tertiary/aromatic N) is 1. The third kappa shape index (κ3) is 2.81. The highest BCUT2D eigenvalue weighted by Crippen LogP contribution is 2.35. The van der Waals surface area contributed by atoms with Crippen molar-refractivity contribution in [2.45, 2.75) is 0 Å². The number of pyridine rings is 1. The summed E-state index contributed by atoms with van der Waals surface area (Å²) in [7, 11) is 2.91. The minimum absolute atomic E-state index is 0.374. The summed E-state index contributed by atoms with van der Waals surface area (Å²) in [5.41, 5.74) is 2.48. The van der Waals surface area contributed by atoms with E-state index >= 15 is 0 Å². The van der Waals surface area contributed by atoms with Gasteiger partial charge < -0.3 is 14.8 Å². The monoisotopic (exact) mass is 308 g/mol. The summed E-state index contributed by atoms with van der Waals surface area (Å²) in [4.78, 5) is 16.6. The normalized spacial score (nSPS) is 10.3. The summed E-state index contributed by atoms with van der Waals surface area (Å²) < 4.78 is 10.3. The van der Waals surface area contributed by atoms with Crippen LogP contribution in [0, 0.1) is 0 Å². The van der Waals surface area contributed by atoms with Crippen LogP contribution in [0.25, 0.3) is 10.9 Å². The number of hydrogen-bond acceptors (Lipinski definition) is 5. The van der Waals surface area contributed by atoms with E-state index in [4.69, 9.17) is 9.47 Å². The molecule has 5 nitrogen and oxygen atoms in total. The lowest BCUT2D eigenvalue weighted by molar-refractivity contribution is 0.0601. The minimum Gasteiger partial charge on any atom is -0.496 e. The van der Waals surface area contributed by atoms with Gasteiger partial charge in [0.25, 0.3) is 0 Å². The van der Waals surface area contributed by atoms with E-state index in [1.54, 1.807) is 19.4 Å². The fourth-order valence-electron chi connectivity index (χ4n) is 2.44. The van der Waals surface area contributed by atoms with Crippen LogP contribution in [0.15, 0.2) is 54.7 Å². The van der Waals surface area contributed by atoms with Crippen LogP contribution >= 0.6 is 0 Å². The molecule has 0 amide bonds. The number of hydrogen-bond donors (Lipinski definition) is 1. The molecule has 0 atom stereocenters. The molecule has 1 aromatic heterocycles. The third-order valence-corrected chi connectivity index (χ3v) is 3.52. The summed E-state index contributed by atoms with van der Waals surface area (Å²) >= 11 is 0. The van der Waals surface area contributed by atoms with Gasteiger partial charge in [0.2, 0.25) is 0 Å². The second-order valence-corrected chi connectivity index (χ2v) is 4.88. The van der Waals surface area contributed by atoms with Crippen molar-refractivity contribution >= 4 is 28.2 Å². The van der Waals surface area contributed by atoms with Crippen LogP contribution in [0.3, 0.4) is 0 Å². The molecule has 0 aliphatic rings. The number of fused-ring (bicyclic) bond motifs is 1. The van der Waals surface area contributed by atoms with E-state index in [0.29, 0.717) is 22.5 Å². The maximum Gasteiger partial charge on any atom is 0.340 e. The zero-order chi connectivity index (χ0) is 16.2. The SMILES string of the molecule is COC(=O)c1cc(OC)c2cccnc2c1Nc1ccccc1. The molecule has 116 valence electrons. The summed E-state index contributed by atoms with van der Waals surface area (Å²) in [5, 5.41) is 4.08. The molecule has 1 N–H and O–H groups in total. The van der Waals surface area contributed by atoms with Crippen molar-refractivity contribution in [1.29, 1.82) is 0 Å². The molecule has 0 aliphatic heterocycles. The summed E-state index contributed by atoms with van der Waals surface area (Å²) in [6.45, 7) is 0. The van der Waals surface area contributed by atoms with Crippen LogP contribution in [0.4, 0.5) is 11.4 Å². The van der Waals surface area contributed by atoms with Crippen molar-refractivity contribution in [1.82, 2.24) is 4.98 Å². The number of carbonyl (C=O) groups is 1. The minimum atomic E-state index is -0.450. The van der Waals surface area contributed by atoms with E-state index < -0.39 is 5.97 Å². The Morgan fingerprint density at radius 3 is 2.57 bits per heavy atom. The Kier molecular flexibility index (Phi) is 4.10. The highest BCUT2D eigenvalue weighted by atomic mass is 16.5. The van der Waals surface area contributed by atoms with Gasteiger partial charge in [-0.25, -0.2) is 4.79 Å². The number of anilines is 2. The van der Waals surface area contributed by atoms with Crippen molar-refractivity contribution in [2.24, 2.45) is 0 Å². The van der Waals surface area contributed by atoms with Gasteiger partial charge in [-0.15, -0.1) is 0 Å². The molecule has 0 spiro atoms. The third-order valence-electron chi connectivity index (χ3n) is 3.52. The van der Waals surface area contributed by atoms with Gasteiger partial charge in [-0.1, -0.05) is 18.2 Å². The van der Waals surface area contributed by atoms with Gasteiger partial charge in [0.05, 0.1) is 31.0 Å². The Morgan fingerprint density at radius 2 is 1.87 bits per heavy atom. The number of esters is 1. The molecule has 0 saturated heterocycles. The van der Waals surface area contributed by atoms with Gasteiger partial charge >= 0.3 is 5.97 Å². The molecular weight excluding hydrogens is 292 g/mol. The van der Waals surface area contributed by atoms with Crippen LogP contribution in [-0.4, -0.2) is 25.2 Å². The standard InChI is InChI=1S/C18H16N2O3/c1-22-15-11-14(18(21)23-2)17(16-13(15)9-6-10-19-16)20-12-7-4-3-5-8-12/h3-11,20H,1-2H3. The highest BCUT2D eigenvalue weighted by Gasteiger charge is 2.19. The van der Waals surface area contributed by atoms with Crippen molar-refractivity contribution in [3.8, 4) is 5.75 Å². The largest absolute Gasteiger partial charge is 0.496 e. The lowest BCUT2D eigenvalue weighted by Gasteiger charge is -2.15. The van der Waals surface area contributed by atoms with Gasteiger partial charge in [0, 0.05) is 17.3 Å². The van der Waals surface area contributed by atoms with Crippen molar-refractivity contribution in [3.05, 3.63) is 60.3 Å². The van der Waals surface area contributed by atoms with E-state index in [0.717, 1.165) is 11.1 Å². The molecule has 0 saturated carbocycles. The second-order valence-electron chi connectivity index (χ2n) is 4.88. The van der Waals surface area contributed by atoms with E-state index in [1.807, 2.05) is 42.5 Å². The zero-order valence-electron chi connectivity index (χ0n) is 12.9. The Morgan fingerprint density at radius 1 is 1.09 bits per heavy atom. The van der Waals surface area contributed by atoms with Crippen molar-refractivity contribution in [3.63, 3.8) is 0 Å². The molecule has 5 heteroatoms. The van der Waals surface area contributed by atoms with E-state index in [-0.39, 0.29) is 0 Å². The van der Waals surface area contributed by atoms with Crippen LogP contribution in [0.2, 0.25) is 0 Å². The second kappa shape index (κ2) is 6.36. The molecule has 3 rings (SSSR count). The van der Waals surface area contributed by atoms with Crippen LogP contribution in [0.1, 0.15) is 10.4 Å². The lowest BCUT2D eigenvalue weighted by Crippen LogP contribution is -2.07. The Labute approximate surface area is 133 Å². The zero-order valence-corrected chi connectivity index (χ0v) is 12.9.